The third kappa shape index (κ3) is 3.69. The van der Waals surface area contributed by atoms with Crippen LogP contribution in [0.2, 0.25) is 0 Å². The van der Waals surface area contributed by atoms with Gasteiger partial charge in [0.1, 0.15) is 9.88 Å². The minimum atomic E-state index is 0. The number of nitrogens with one attached hydrogen (secondary N) is 1. The Kier molecular flexibility index (Phi) is 6.48. The summed E-state index contributed by atoms with van der Waals surface area (Å²) in [5, 5.41) is 8.51. The second-order valence-corrected chi connectivity index (χ2v) is 7.43. The fraction of sp³-hybridized carbons (Fsp3) is 0.562. The minimum Gasteiger partial charge on any atom is -0.331 e. The molecule has 0 spiro atoms. The van der Waals surface area contributed by atoms with E-state index in [1.54, 1.807) is 10.9 Å². The van der Waals surface area contributed by atoms with Gasteiger partial charge in [-0.3, -0.25) is 9.48 Å². The van der Waals surface area contributed by atoms with Crippen LogP contribution in [0.5, 0.6) is 0 Å². The standard InChI is InChI=1S/C16H21N5OS.2ClH/c1-10-14(23-15(19-10)11-7-18-20(2)9-11)16(22)21-12-3-4-13(21)8-17-6-5-12;;/h7,9,12-13,17H,3-6,8H2,1-2H3;2*1H. The number of thiazole rings is 1. The van der Waals surface area contributed by atoms with E-state index in [9.17, 15) is 4.79 Å². The second-order valence-electron chi connectivity index (χ2n) is 6.43. The number of hydrogen-bond acceptors (Lipinski definition) is 5. The number of carbonyl (C=O) groups excluding carboxylic acids is 1. The van der Waals surface area contributed by atoms with Crippen molar-refractivity contribution in [2.75, 3.05) is 13.1 Å². The molecule has 0 saturated carbocycles. The summed E-state index contributed by atoms with van der Waals surface area (Å²) in [5.74, 6) is 0.159. The number of halogens is 2. The van der Waals surface area contributed by atoms with Crippen LogP contribution >= 0.6 is 36.2 Å². The molecule has 2 aromatic heterocycles. The van der Waals surface area contributed by atoms with Gasteiger partial charge in [0.25, 0.3) is 5.91 Å². The monoisotopic (exact) mass is 403 g/mol. The average molecular weight is 404 g/mol. The number of rotatable bonds is 2. The maximum absolute atomic E-state index is 13.1. The van der Waals surface area contributed by atoms with Crippen LogP contribution in [0.4, 0.5) is 0 Å². The molecule has 2 unspecified atom stereocenters. The molecule has 2 atom stereocenters. The fourth-order valence-corrected chi connectivity index (χ4v) is 4.67. The van der Waals surface area contributed by atoms with E-state index >= 15 is 0 Å². The van der Waals surface area contributed by atoms with Gasteiger partial charge >= 0.3 is 0 Å². The zero-order valence-electron chi connectivity index (χ0n) is 14.3. The molecule has 2 aromatic rings. The van der Waals surface area contributed by atoms with E-state index < -0.39 is 0 Å². The summed E-state index contributed by atoms with van der Waals surface area (Å²) in [6.07, 6.45) is 7.02. The number of aryl methyl sites for hydroxylation is 2. The van der Waals surface area contributed by atoms with E-state index in [-0.39, 0.29) is 30.7 Å². The van der Waals surface area contributed by atoms with E-state index in [0.717, 1.165) is 53.5 Å². The number of fused-ring (bicyclic) bond motifs is 2. The van der Waals surface area contributed by atoms with Gasteiger partial charge in [0.2, 0.25) is 0 Å². The predicted octanol–water partition coefficient (Wildman–Crippen LogP) is 2.66. The predicted molar refractivity (Wildman–Crippen MR) is 104 cm³/mol. The zero-order chi connectivity index (χ0) is 16.0. The van der Waals surface area contributed by atoms with Crippen molar-refractivity contribution in [2.45, 2.75) is 38.3 Å². The molecule has 0 aromatic carbocycles. The molecule has 4 rings (SSSR count). The van der Waals surface area contributed by atoms with Gasteiger partial charge in [0.15, 0.2) is 0 Å². The van der Waals surface area contributed by atoms with Crippen LogP contribution in [0.3, 0.4) is 0 Å². The quantitative estimate of drug-likeness (QED) is 0.836. The largest absolute Gasteiger partial charge is 0.331 e. The second kappa shape index (κ2) is 8.03. The SMILES string of the molecule is Cc1nc(-c2cnn(C)c2)sc1C(=O)N1C2CCNCC1CC2.Cl.Cl. The van der Waals surface area contributed by atoms with Crippen molar-refractivity contribution >= 4 is 42.1 Å². The Morgan fingerprint density at radius 2 is 2.04 bits per heavy atom. The van der Waals surface area contributed by atoms with Gasteiger partial charge in [-0.1, -0.05) is 0 Å². The molecule has 2 aliphatic rings. The first-order valence-electron chi connectivity index (χ1n) is 8.13. The lowest BCUT2D eigenvalue weighted by Crippen LogP contribution is -2.42. The summed E-state index contributed by atoms with van der Waals surface area (Å²) in [4.78, 5) is 20.6. The lowest BCUT2D eigenvalue weighted by molar-refractivity contribution is 0.0684. The van der Waals surface area contributed by atoms with Crippen molar-refractivity contribution in [1.82, 2.24) is 25.0 Å². The van der Waals surface area contributed by atoms with Gasteiger partial charge in [-0.25, -0.2) is 4.98 Å². The van der Waals surface area contributed by atoms with Crippen molar-refractivity contribution in [3.8, 4) is 10.6 Å². The van der Waals surface area contributed by atoms with Crippen molar-refractivity contribution in [2.24, 2.45) is 7.05 Å². The highest BCUT2D eigenvalue weighted by Gasteiger charge is 2.39. The third-order valence-electron chi connectivity index (χ3n) is 4.83. The van der Waals surface area contributed by atoms with Crippen LogP contribution in [-0.2, 0) is 7.05 Å². The van der Waals surface area contributed by atoms with E-state index in [1.807, 2.05) is 20.2 Å². The Morgan fingerprint density at radius 3 is 2.76 bits per heavy atom. The minimum absolute atomic E-state index is 0. The first-order chi connectivity index (χ1) is 11.1. The number of amides is 1. The van der Waals surface area contributed by atoms with E-state index in [1.165, 1.54) is 11.3 Å². The zero-order valence-corrected chi connectivity index (χ0v) is 16.7. The molecule has 2 bridgehead atoms. The topological polar surface area (TPSA) is 63.1 Å². The number of carbonyl (C=O) groups is 1. The highest BCUT2D eigenvalue weighted by atomic mass is 35.5. The van der Waals surface area contributed by atoms with Gasteiger partial charge in [-0.05, 0) is 32.7 Å². The van der Waals surface area contributed by atoms with Crippen LogP contribution in [0.25, 0.3) is 10.6 Å². The Bertz CT molecular complexity index is 733. The highest BCUT2D eigenvalue weighted by Crippen LogP contribution is 2.33. The summed E-state index contributed by atoms with van der Waals surface area (Å²) >= 11 is 1.49. The molecule has 1 amide bonds. The normalized spacial score (nSPS) is 22.1. The van der Waals surface area contributed by atoms with Gasteiger partial charge in [0.05, 0.1) is 11.9 Å². The first-order valence-corrected chi connectivity index (χ1v) is 8.95. The molecule has 2 saturated heterocycles. The van der Waals surface area contributed by atoms with Crippen molar-refractivity contribution in [1.29, 1.82) is 0 Å². The maximum atomic E-state index is 13.1. The smallest absolute Gasteiger partial charge is 0.266 e. The molecule has 6 nitrogen and oxygen atoms in total. The van der Waals surface area contributed by atoms with Crippen molar-refractivity contribution < 1.29 is 4.79 Å². The number of hydrogen-bond donors (Lipinski definition) is 1. The molecular weight excluding hydrogens is 381 g/mol. The molecular formula is C16H23Cl2N5OS. The Hall–Kier alpha value is -1.15. The number of aromatic nitrogens is 3. The van der Waals surface area contributed by atoms with E-state index in [2.05, 4.69) is 20.3 Å². The van der Waals surface area contributed by atoms with E-state index in [4.69, 9.17) is 0 Å². The summed E-state index contributed by atoms with van der Waals surface area (Å²) < 4.78 is 1.76. The molecule has 0 aliphatic carbocycles. The van der Waals surface area contributed by atoms with Crippen molar-refractivity contribution in [3.63, 3.8) is 0 Å². The maximum Gasteiger partial charge on any atom is 0.266 e. The molecule has 0 radical (unpaired) electrons. The summed E-state index contributed by atoms with van der Waals surface area (Å²) in [7, 11) is 1.89. The van der Waals surface area contributed by atoms with Crippen LogP contribution in [0, 0.1) is 6.92 Å². The summed E-state index contributed by atoms with van der Waals surface area (Å²) in [6.45, 7) is 3.85. The Balaban J connectivity index is 0.00000113. The lowest BCUT2D eigenvalue weighted by Gasteiger charge is -2.27. The molecule has 25 heavy (non-hydrogen) atoms. The van der Waals surface area contributed by atoms with E-state index in [0.29, 0.717) is 12.1 Å². The first kappa shape index (κ1) is 20.2. The molecule has 4 heterocycles. The fourth-order valence-electron chi connectivity index (χ4n) is 3.68. The Labute approximate surface area is 163 Å². The van der Waals surface area contributed by atoms with Gasteiger partial charge in [-0.15, -0.1) is 36.2 Å². The van der Waals surface area contributed by atoms with Crippen LogP contribution in [0.1, 0.15) is 34.6 Å². The molecule has 9 heteroatoms. The summed E-state index contributed by atoms with van der Waals surface area (Å²) in [5.41, 5.74) is 1.80. The average Bonchev–Trinajstić information content (AvgIpc) is 3.15. The highest BCUT2D eigenvalue weighted by molar-refractivity contribution is 7.17. The molecule has 2 aliphatic heterocycles. The third-order valence-corrected chi connectivity index (χ3v) is 6.03. The molecule has 138 valence electrons. The van der Waals surface area contributed by atoms with Crippen LogP contribution in [-0.4, -0.2) is 50.7 Å². The Morgan fingerprint density at radius 1 is 1.28 bits per heavy atom. The summed E-state index contributed by atoms with van der Waals surface area (Å²) in [6, 6.07) is 0.712. The van der Waals surface area contributed by atoms with Crippen LogP contribution < -0.4 is 5.32 Å². The van der Waals surface area contributed by atoms with Gasteiger partial charge < -0.3 is 10.2 Å². The lowest BCUT2D eigenvalue weighted by atomic mass is 10.1. The van der Waals surface area contributed by atoms with Crippen LogP contribution in [0.15, 0.2) is 12.4 Å². The van der Waals surface area contributed by atoms with Gasteiger partial charge in [-0.2, -0.15) is 5.10 Å². The molecule has 2 fully saturated rings. The van der Waals surface area contributed by atoms with Gasteiger partial charge in [0, 0.05) is 37.4 Å². The molecule has 1 N–H and O–H groups in total. The number of nitrogens with zero attached hydrogens (tertiary/aromatic N) is 4. The van der Waals surface area contributed by atoms with Crippen molar-refractivity contribution in [3.05, 3.63) is 23.0 Å².